The molecule has 1 fully saturated rings. The number of carboxylic acid groups (broad SMARTS) is 1. The van der Waals surface area contributed by atoms with Gasteiger partial charge in [-0.15, -0.1) is 0 Å². The van der Waals surface area contributed by atoms with Gasteiger partial charge in [0.2, 0.25) is 0 Å². The summed E-state index contributed by atoms with van der Waals surface area (Å²) >= 11 is 6.00. The van der Waals surface area contributed by atoms with E-state index in [4.69, 9.17) is 17.3 Å². The van der Waals surface area contributed by atoms with E-state index in [1.165, 1.54) is 18.2 Å². The number of rotatable bonds is 5. The molecule has 1 aliphatic rings. The van der Waals surface area contributed by atoms with Crippen LogP contribution in [0.1, 0.15) is 5.56 Å². The van der Waals surface area contributed by atoms with Crippen LogP contribution in [-0.4, -0.2) is 37.7 Å². The van der Waals surface area contributed by atoms with E-state index in [-0.39, 0.29) is 10.0 Å². The van der Waals surface area contributed by atoms with Crippen LogP contribution in [0.2, 0.25) is 0 Å². The van der Waals surface area contributed by atoms with Crippen molar-refractivity contribution in [2.24, 2.45) is 0 Å². The van der Waals surface area contributed by atoms with Gasteiger partial charge in [-0.05, 0) is 23.8 Å². The minimum Gasteiger partial charge on any atom is -0.480 e. The number of amides is 1. The molecule has 0 aromatic heterocycles. The maximum absolute atomic E-state index is 12.0. The SMILES string of the molecule is O=C(O)CN1C(=O)C(=CC=Cc2ccc([N+](=O)[O-])cc2)SC1=S. The summed E-state index contributed by atoms with van der Waals surface area (Å²) in [5.74, 6) is -1.58. The zero-order chi connectivity index (χ0) is 17.0. The second-order valence-electron chi connectivity index (χ2n) is 4.39. The molecule has 0 aliphatic carbocycles. The number of thiocarbonyl (C=S) groups is 1. The third-order valence-electron chi connectivity index (χ3n) is 2.81. The van der Waals surface area contributed by atoms with Gasteiger partial charge in [0.15, 0.2) is 0 Å². The van der Waals surface area contributed by atoms with Crippen LogP contribution < -0.4 is 0 Å². The highest BCUT2D eigenvalue weighted by Gasteiger charge is 2.32. The van der Waals surface area contributed by atoms with Gasteiger partial charge in [-0.2, -0.15) is 0 Å². The van der Waals surface area contributed by atoms with Crippen LogP contribution in [0.25, 0.3) is 6.08 Å². The summed E-state index contributed by atoms with van der Waals surface area (Å²) in [5.41, 5.74) is 0.726. The normalized spacial score (nSPS) is 16.5. The van der Waals surface area contributed by atoms with E-state index >= 15 is 0 Å². The van der Waals surface area contributed by atoms with Crippen LogP contribution in [0, 0.1) is 10.1 Å². The van der Waals surface area contributed by atoms with Crippen molar-refractivity contribution < 1.29 is 19.6 Å². The second kappa shape index (κ2) is 7.16. The van der Waals surface area contributed by atoms with Crippen molar-refractivity contribution >= 4 is 51.9 Å². The molecule has 9 heteroatoms. The van der Waals surface area contributed by atoms with Gasteiger partial charge >= 0.3 is 5.97 Å². The Morgan fingerprint density at radius 2 is 2.04 bits per heavy atom. The fourth-order valence-corrected chi connectivity index (χ4v) is 2.95. The predicted molar refractivity (Wildman–Crippen MR) is 89.8 cm³/mol. The highest BCUT2D eigenvalue weighted by molar-refractivity contribution is 8.26. The molecule has 1 N–H and O–H groups in total. The van der Waals surface area contributed by atoms with Crippen LogP contribution in [0.4, 0.5) is 5.69 Å². The fourth-order valence-electron chi connectivity index (χ4n) is 1.74. The van der Waals surface area contributed by atoms with Crippen molar-refractivity contribution in [2.45, 2.75) is 0 Å². The Labute approximate surface area is 140 Å². The molecule has 1 aromatic carbocycles. The van der Waals surface area contributed by atoms with Crippen molar-refractivity contribution in [3.8, 4) is 0 Å². The molecule has 1 amide bonds. The van der Waals surface area contributed by atoms with Gasteiger partial charge < -0.3 is 5.11 Å². The molecule has 118 valence electrons. The largest absolute Gasteiger partial charge is 0.480 e. The number of hydrogen-bond acceptors (Lipinski definition) is 6. The molecular weight excluding hydrogens is 340 g/mol. The summed E-state index contributed by atoms with van der Waals surface area (Å²) < 4.78 is 0.201. The number of thioether (sulfide) groups is 1. The van der Waals surface area contributed by atoms with Gasteiger partial charge in [0.25, 0.3) is 11.6 Å². The molecule has 1 aromatic rings. The Hall–Kier alpha value is -2.52. The van der Waals surface area contributed by atoms with E-state index in [1.54, 1.807) is 24.3 Å². The lowest BCUT2D eigenvalue weighted by molar-refractivity contribution is -0.384. The summed E-state index contributed by atoms with van der Waals surface area (Å²) in [6.45, 7) is -0.464. The number of hydrogen-bond donors (Lipinski definition) is 1. The second-order valence-corrected chi connectivity index (χ2v) is 6.07. The van der Waals surface area contributed by atoms with Crippen molar-refractivity contribution in [3.63, 3.8) is 0 Å². The zero-order valence-corrected chi connectivity index (χ0v) is 13.2. The van der Waals surface area contributed by atoms with Gasteiger partial charge in [0.1, 0.15) is 10.9 Å². The Bertz CT molecular complexity index is 740. The predicted octanol–water partition coefficient (Wildman–Crippen LogP) is 2.44. The topological polar surface area (TPSA) is 101 Å². The quantitative estimate of drug-likeness (QED) is 0.377. The van der Waals surface area contributed by atoms with Crippen LogP contribution in [0.3, 0.4) is 0 Å². The lowest BCUT2D eigenvalue weighted by Gasteiger charge is -2.09. The number of nitro groups is 1. The summed E-state index contributed by atoms with van der Waals surface area (Å²) in [7, 11) is 0. The van der Waals surface area contributed by atoms with Crippen LogP contribution in [-0.2, 0) is 9.59 Å². The molecule has 0 unspecified atom stereocenters. The number of carbonyl (C=O) groups excluding carboxylic acids is 1. The fraction of sp³-hybridized carbons (Fsp3) is 0.0714. The number of non-ortho nitro benzene ring substituents is 1. The average molecular weight is 350 g/mol. The maximum atomic E-state index is 12.0. The number of nitrogens with zero attached hydrogens (tertiary/aromatic N) is 2. The molecule has 1 saturated heterocycles. The van der Waals surface area contributed by atoms with Crippen molar-refractivity contribution in [1.82, 2.24) is 4.90 Å². The van der Waals surface area contributed by atoms with Gasteiger partial charge in [-0.1, -0.05) is 36.1 Å². The van der Waals surface area contributed by atoms with Gasteiger partial charge in [-0.3, -0.25) is 24.6 Å². The van der Waals surface area contributed by atoms with Crippen molar-refractivity contribution in [1.29, 1.82) is 0 Å². The summed E-state index contributed by atoms with van der Waals surface area (Å²) in [5, 5.41) is 19.3. The zero-order valence-electron chi connectivity index (χ0n) is 11.5. The van der Waals surface area contributed by atoms with Crippen molar-refractivity contribution in [3.05, 3.63) is 57.0 Å². The lowest BCUT2D eigenvalue weighted by Crippen LogP contribution is -2.33. The molecule has 7 nitrogen and oxygen atoms in total. The van der Waals surface area contributed by atoms with E-state index in [9.17, 15) is 19.7 Å². The first-order chi connectivity index (χ1) is 10.9. The molecule has 0 spiro atoms. The third kappa shape index (κ3) is 4.24. The minimum atomic E-state index is -1.14. The molecule has 0 bridgehead atoms. The molecule has 0 atom stereocenters. The van der Waals surface area contributed by atoms with Crippen LogP contribution in [0.5, 0.6) is 0 Å². The number of carboxylic acids is 1. The summed E-state index contributed by atoms with van der Waals surface area (Å²) in [6, 6.07) is 5.92. The molecular formula is C14H10N2O5S2. The number of benzene rings is 1. The number of carbonyl (C=O) groups is 2. The Balaban J connectivity index is 2.08. The van der Waals surface area contributed by atoms with Crippen molar-refractivity contribution in [2.75, 3.05) is 6.54 Å². The highest BCUT2D eigenvalue weighted by Crippen LogP contribution is 2.30. The monoisotopic (exact) mass is 350 g/mol. The minimum absolute atomic E-state index is 0.00306. The summed E-state index contributed by atoms with van der Waals surface area (Å²) in [6.07, 6.45) is 4.81. The van der Waals surface area contributed by atoms with E-state index in [2.05, 4.69) is 0 Å². The molecule has 1 aliphatic heterocycles. The standard InChI is InChI=1S/C14H10N2O5S2/c17-12(18)8-15-13(19)11(23-14(15)22)3-1-2-9-4-6-10(7-5-9)16(20)21/h1-7H,8H2,(H,17,18). The maximum Gasteiger partial charge on any atom is 0.323 e. The number of allylic oxidation sites excluding steroid dienone is 2. The van der Waals surface area contributed by atoms with Crippen LogP contribution in [0.15, 0.2) is 41.3 Å². The van der Waals surface area contributed by atoms with Gasteiger partial charge in [0, 0.05) is 12.1 Å². The Morgan fingerprint density at radius 1 is 1.39 bits per heavy atom. The van der Waals surface area contributed by atoms with E-state index < -0.39 is 23.3 Å². The van der Waals surface area contributed by atoms with E-state index in [0.29, 0.717) is 4.91 Å². The van der Waals surface area contributed by atoms with Gasteiger partial charge in [-0.25, -0.2) is 0 Å². The van der Waals surface area contributed by atoms with E-state index in [1.807, 2.05) is 0 Å². The molecule has 1 heterocycles. The third-order valence-corrected chi connectivity index (χ3v) is 4.20. The highest BCUT2D eigenvalue weighted by atomic mass is 32.2. The Kier molecular flexibility index (Phi) is 5.24. The molecule has 23 heavy (non-hydrogen) atoms. The van der Waals surface area contributed by atoms with Crippen LogP contribution >= 0.6 is 24.0 Å². The first-order valence-electron chi connectivity index (χ1n) is 6.27. The van der Waals surface area contributed by atoms with E-state index in [0.717, 1.165) is 22.2 Å². The first-order valence-corrected chi connectivity index (χ1v) is 7.49. The molecule has 0 radical (unpaired) electrons. The average Bonchev–Trinajstić information content (AvgIpc) is 2.75. The molecule has 2 rings (SSSR count). The first kappa shape index (κ1) is 16.8. The number of aliphatic carboxylic acids is 1. The Morgan fingerprint density at radius 3 is 2.61 bits per heavy atom. The lowest BCUT2D eigenvalue weighted by atomic mass is 10.2. The molecule has 0 saturated carbocycles. The smallest absolute Gasteiger partial charge is 0.323 e. The summed E-state index contributed by atoms with van der Waals surface area (Å²) in [4.78, 5) is 34.1. The number of nitro benzene ring substituents is 1. The van der Waals surface area contributed by atoms with Gasteiger partial charge in [0.05, 0.1) is 9.83 Å².